The van der Waals surface area contributed by atoms with Crippen LogP contribution in [0.25, 0.3) is 0 Å². The van der Waals surface area contributed by atoms with E-state index >= 15 is 0 Å². The predicted molar refractivity (Wildman–Crippen MR) is 85.6 cm³/mol. The Morgan fingerprint density at radius 1 is 1.00 bits per heavy atom. The van der Waals surface area contributed by atoms with E-state index in [0.717, 1.165) is 11.3 Å². The molecule has 0 fully saturated rings. The first-order chi connectivity index (χ1) is 9.74. The minimum Gasteiger partial charge on any atom is -0.351 e. The van der Waals surface area contributed by atoms with Gasteiger partial charge in [-0.2, -0.15) is 0 Å². The van der Waals surface area contributed by atoms with Crippen molar-refractivity contribution in [3.8, 4) is 0 Å². The van der Waals surface area contributed by atoms with Crippen molar-refractivity contribution in [3.05, 3.63) is 71.3 Å². The predicted octanol–water partition coefficient (Wildman–Crippen LogP) is 3.54. The number of rotatable bonds is 6. The zero-order chi connectivity index (χ0) is 14.2. The highest BCUT2D eigenvalue weighted by molar-refractivity contribution is 7.99. The van der Waals surface area contributed by atoms with Gasteiger partial charge in [-0.3, -0.25) is 4.79 Å². The fraction of sp³-hybridized carbons (Fsp3) is 0.235. The summed E-state index contributed by atoms with van der Waals surface area (Å²) in [6, 6.07) is 18.4. The quantitative estimate of drug-likeness (QED) is 0.879. The van der Waals surface area contributed by atoms with Crippen LogP contribution in [0.3, 0.4) is 0 Å². The number of aryl methyl sites for hydroxylation is 1. The SMILES string of the molecule is Cc1ccc(CSCC(=O)NCc2ccccc2)cc1. The number of hydrogen-bond acceptors (Lipinski definition) is 2. The highest BCUT2D eigenvalue weighted by Gasteiger charge is 2.02. The molecule has 2 rings (SSSR count). The molecule has 1 amide bonds. The van der Waals surface area contributed by atoms with Gasteiger partial charge >= 0.3 is 0 Å². The van der Waals surface area contributed by atoms with Crippen LogP contribution in [0.1, 0.15) is 16.7 Å². The number of nitrogens with one attached hydrogen (secondary N) is 1. The lowest BCUT2D eigenvalue weighted by Gasteiger charge is -2.05. The first-order valence-corrected chi connectivity index (χ1v) is 7.83. The van der Waals surface area contributed by atoms with Crippen LogP contribution in [0.15, 0.2) is 54.6 Å². The number of carbonyl (C=O) groups is 1. The number of hydrogen-bond donors (Lipinski definition) is 1. The molecule has 0 heterocycles. The summed E-state index contributed by atoms with van der Waals surface area (Å²) < 4.78 is 0. The van der Waals surface area contributed by atoms with Crippen LogP contribution in [-0.4, -0.2) is 11.7 Å². The molecule has 0 saturated heterocycles. The normalized spacial score (nSPS) is 10.2. The Balaban J connectivity index is 1.66. The summed E-state index contributed by atoms with van der Waals surface area (Å²) in [7, 11) is 0. The minimum atomic E-state index is 0.0889. The van der Waals surface area contributed by atoms with E-state index in [4.69, 9.17) is 0 Å². The highest BCUT2D eigenvalue weighted by Crippen LogP contribution is 2.12. The fourth-order valence-corrected chi connectivity index (χ4v) is 2.61. The molecule has 3 heteroatoms. The second-order valence-electron chi connectivity index (χ2n) is 4.74. The Kier molecular flexibility index (Phi) is 5.69. The Morgan fingerprint density at radius 2 is 1.70 bits per heavy atom. The van der Waals surface area contributed by atoms with Gasteiger partial charge in [0, 0.05) is 12.3 Å². The number of amides is 1. The molecule has 0 aromatic heterocycles. The van der Waals surface area contributed by atoms with Crippen molar-refractivity contribution in [1.29, 1.82) is 0 Å². The average Bonchev–Trinajstić information content (AvgIpc) is 2.48. The number of thioether (sulfide) groups is 1. The Morgan fingerprint density at radius 3 is 2.40 bits per heavy atom. The third kappa shape index (κ3) is 5.10. The van der Waals surface area contributed by atoms with Crippen LogP contribution in [0.5, 0.6) is 0 Å². The van der Waals surface area contributed by atoms with Gasteiger partial charge in [-0.05, 0) is 18.1 Å². The van der Waals surface area contributed by atoms with E-state index in [1.54, 1.807) is 11.8 Å². The van der Waals surface area contributed by atoms with Crippen LogP contribution in [0, 0.1) is 6.92 Å². The average molecular weight is 285 g/mol. The van der Waals surface area contributed by atoms with E-state index in [9.17, 15) is 4.79 Å². The molecule has 20 heavy (non-hydrogen) atoms. The lowest BCUT2D eigenvalue weighted by Crippen LogP contribution is -2.24. The summed E-state index contributed by atoms with van der Waals surface area (Å²) in [4.78, 5) is 11.7. The molecule has 2 aromatic carbocycles. The molecule has 2 aromatic rings. The maximum atomic E-state index is 11.7. The largest absolute Gasteiger partial charge is 0.351 e. The maximum absolute atomic E-state index is 11.7. The van der Waals surface area contributed by atoms with E-state index < -0.39 is 0 Å². The molecule has 1 N–H and O–H groups in total. The van der Waals surface area contributed by atoms with Gasteiger partial charge in [0.1, 0.15) is 0 Å². The van der Waals surface area contributed by atoms with Crippen molar-refractivity contribution in [2.45, 2.75) is 19.2 Å². The van der Waals surface area contributed by atoms with Crippen molar-refractivity contribution in [2.24, 2.45) is 0 Å². The van der Waals surface area contributed by atoms with Crippen LogP contribution in [-0.2, 0) is 17.1 Å². The van der Waals surface area contributed by atoms with Gasteiger partial charge in [-0.1, -0.05) is 60.2 Å². The summed E-state index contributed by atoms with van der Waals surface area (Å²) in [5, 5.41) is 2.93. The third-order valence-electron chi connectivity index (χ3n) is 2.95. The first kappa shape index (κ1) is 14.7. The van der Waals surface area contributed by atoms with E-state index in [2.05, 4.69) is 36.5 Å². The number of benzene rings is 2. The Bertz CT molecular complexity index is 537. The van der Waals surface area contributed by atoms with Gasteiger partial charge in [0.2, 0.25) is 5.91 Å². The lowest BCUT2D eigenvalue weighted by atomic mass is 10.2. The van der Waals surface area contributed by atoms with Gasteiger partial charge in [-0.25, -0.2) is 0 Å². The summed E-state index contributed by atoms with van der Waals surface area (Å²) in [6.07, 6.45) is 0. The van der Waals surface area contributed by atoms with Crippen LogP contribution in [0.2, 0.25) is 0 Å². The monoisotopic (exact) mass is 285 g/mol. The highest BCUT2D eigenvalue weighted by atomic mass is 32.2. The summed E-state index contributed by atoms with van der Waals surface area (Å²) in [5.74, 6) is 1.46. The van der Waals surface area contributed by atoms with E-state index in [-0.39, 0.29) is 5.91 Å². The Hall–Kier alpha value is -1.74. The molecule has 0 unspecified atom stereocenters. The molecule has 0 radical (unpaired) electrons. The van der Waals surface area contributed by atoms with Gasteiger partial charge in [0.25, 0.3) is 0 Å². The van der Waals surface area contributed by atoms with Gasteiger partial charge < -0.3 is 5.32 Å². The zero-order valence-electron chi connectivity index (χ0n) is 11.6. The Labute approximate surface area is 124 Å². The fourth-order valence-electron chi connectivity index (χ4n) is 1.79. The molecule has 104 valence electrons. The van der Waals surface area contributed by atoms with Crippen molar-refractivity contribution in [1.82, 2.24) is 5.32 Å². The van der Waals surface area contributed by atoms with Crippen molar-refractivity contribution in [3.63, 3.8) is 0 Å². The second kappa shape index (κ2) is 7.75. The van der Waals surface area contributed by atoms with Gasteiger partial charge in [0.15, 0.2) is 0 Å². The molecule has 0 saturated carbocycles. The standard InChI is InChI=1S/C17H19NOS/c1-14-7-9-16(10-8-14)12-20-13-17(19)18-11-15-5-3-2-4-6-15/h2-10H,11-13H2,1H3,(H,18,19). The van der Waals surface area contributed by atoms with Gasteiger partial charge in [-0.15, -0.1) is 11.8 Å². The molecule has 2 nitrogen and oxygen atoms in total. The van der Waals surface area contributed by atoms with Crippen molar-refractivity contribution < 1.29 is 4.79 Å². The molecular weight excluding hydrogens is 266 g/mol. The van der Waals surface area contributed by atoms with Gasteiger partial charge in [0.05, 0.1) is 5.75 Å². The third-order valence-corrected chi connectivity index (χ3v) is 3.96. The molecule has 0 bridgehead atoms. The zero-order valence-corrected chi connectivity index (χ0v) is 12.5. The summed E-state index contributed by atoms with van der Waals surface area (Å²) in [5.41, 5.74) is 3.65. The topological polar surface area (TPSA) is 29.1 Å². The van der Waals surface area contributed by atoms with E-state index in [0.29, 0.717) is 12.3 Å². The van der Waals surface area contributed by atoms with E-state index in [1.807, 2.05) is 30.3 Å². The molecular formula is C17H19NOS. The minimum absolute atomic E-state index is 0.0889. The molecule has 0 spiro atoms. The molecule has 0 aliphatic heterocycles. The summed E-state index contributed by atoms with van der Waals surface area (Å²) in [6.45, 7) is 2.68. The van der Waals surface area contributed by atoms with Crippen LogP contribution in [0.4, 0.5) is 0 Å². The molecule has 0 atom stereocenters. The maximum Gasteiger partial charge on any atom is 0.230 e. The smallest absolute Gasteiger partial charge is 0.230 e. The van der Waals surface area contributed by atoms with E-state index in [1.165, 1.54) is 11.1 Å². The lowest BCUT2D eigenvalue weighted by molar-refractivity contribution is -0.118. The number of carbonyl (C=O) groups excluding carboxylic acids is 1. The second-order valence-corrected chi connectivity index (χ2v) is 5.73. The van der Waals surface area contributed by atoms with Crippen LogP contribution < -0.4 is 5.32 Å². The van der Waals surface area contributed by atoms with Crippen LogP contribution >= 0.6 is 11.8 Å². The van der Waals surface area contributed by atoms with Crippen molar-refractivity contribution >= 4 is 17.7 Å². The molecule has 0 aliphatic carbocycles. The summed E-state index contributed by atoms with van der Waals surface area (Å²) >= 11 is 1.64. The first-order valence-electron chi connectivity index (χ1n) is 6.68. The van der Waals surface area contributed by atoms with Crippen molar-refractivity contribution in [2.75, 3.05) is 5.75 Å². The molecule has 0 aliphatic rings.